The standard InChI is InChI=1S/C38H33Cl2F3N4O5/c39-21-12-10-19(11-13-21)37-27(34(50)47(36(37)52)45-32-28(40)16-20(18-44-32)38(41,42)43)17-26-23(31(37)24-8-4-5-9-29(24)48)14-15-25-30(26)35(51)46(33(25)49)22-6-2-1-3-7-22/h4-5,8-14,16,18,22,25-27,30-31,48H,1-3,6-7,15,17H2,(H,44,45). The van der Waals surface area contributed by atoms with Gasteiger partial charge >= 0.3 is 6.18 Å². The number of nitrogens with zero attached hydrogens (tertiary/aromatic N) is 3. The van der Waals surface area contributed by atoms with Crippen LogP contribution >= 0.6 is 23.2 Å². The normalized spacial score (nSPS) is 29.2. The van der Waals surface area contributed by atoms with E-state index >= 15 is 4.79 Å². The van der Waals surface area contributed by atoms with Crippen molar-refractivity contribution in [1.29, 1.82) is 0 Å². The lowest BCUT2D eigenvalue weighted by molar-refractivity contribution is -0.144. The van der Waals surface area contributed by atoms with Crippen LogP contribution < -0.4 is 5.43 Å². The molecule has 3 aliphatic carbocycles. The number of hydrogen-bond acceptors (Lipinski definition) is 7. The maximum Gasteiger partial charge on any atom is 0.417 e. The molecule has 14 heteroatoms. The van der Waals surface area contributed by atoms with Gasteiger partial charge in [0, 0.05) is 28.7 Å². The highest BCUT2D eigenvalue weighted by atomic mass is 35.5. The molecule has 2 saturated heterocycles. The number of halogens is 5. The number of fused-ring (bicyclic) bond motifs is 4. The second-order valence-corrected chi connectivity index (χ2v) is 15.2. The third-order valence-corrected chi connectivity index (χ3v) is 12.3. The Kier molecular flexibility index (Phi) is 8.41. The Morgan fingerprint density at radius 3 is 2.29 bits per heavy atom. The number of hydrazine groups is 1. The summed E-state index contributed by atoms with van der Waals surface area (Å²) in [5.41, 5.74) is 1.18. The van der Waals surface area contributed by atoms with Gasteiger partial charge in [0.2, 0.25) is 11.8 Å². The summed E-state index contributed by atoms with van der Waals surface area (Å²) in [7, 11) is 0. The average molecular weight is 754 g/mol. The minimum absolute atomic E-state index is 0.00811. The molecule has 2 aromatic carbocycles. The molecule has 1 aromatic heterocycles. The van der Waals surface area contributed by atoms with Gasteiger partial charge in [-0.2, -0.15) is 18.2 Å². The van der Waals surface area contributed by atoms with Crippen molar-refractivity contribution in [2.75, 3.05) is 5.43 Å². The van der Waals surface area contributed by atoms with Crippen molar-refractivity contribution in [2.45, 2.75) is 68.5 Å². The van der Waals surface area contributed by atoms with Crippen LogP contribution in [0.4, 0.5) is 19.0 Å². The summed E-state index contributed by atoms with van der Waals surface area (Å²) in [5, 5.41) is 12.1. The van der Waals surface area contributed by atoms with Crippen LogP contribution in [0.3, 0.4) is 0 Å². The van der Waals surface area contributed by atoms with Crippen molar-refractivity contribution in [2.24, 2.45) is 23.7 Å². The van der Waals surface area contributed by atoms with E-state index in [2.05, 4.69) is 10.4 Å². The molecule has 3 heterocycles. The fraction of sp³-hybridized carbons (Fsp3) is 0.395. The number of nitrogens with one attached hydrogen (secondary N) is 1. The maximum absolute atomic E-state index is 15.2. The van der Waals surface area contributed by atoms with E-state index in [1.54, 1.807) is 42.5 Å². The van der Waals surface area contributed by atoms with Crippen molar-refractivity contribution in [3.63, 3.8) is 0 Å². The minimum Gasteiger partial charge on any atom is -0.508 e. The summed E-state index contributed by atoms with van der Waals surface area (Å²) in [6.45, 7) is 0. The number of phenolic OH excluding ortho intramolecular Hbond substituents is 1. The molecule has 0 bridgehead atoms. The summed E-state index contributed by atoms with van der Waals surface area (Å²) >= 11 is 12.5. The van der Waals surface area contributed by atoms with Crippen LogP contribution in [-0.4, -0.2) is 49.7 Å². The Balaban J connectivity index is 1.29. The van der Waals surface area contributed by atoms with E-state index in [1.165, 1.54) is 11.0 Å². The summed E-state index contributed by atoms with van der Waals surface area (Å²) in [6, 6.07) is 13.4. The lowest BCUT2D eigenvalue weighted by Gasteiger charge is -2.50. The molecule has 2 saturated carbocycles. The molecule has 9 nitrogen and oxygen atoms in total. The molecule has 52 heavy (non-hydrogen) atoms. The molecule has 5 aliphatic rings. The van der Waals surface area contributed by atoms with Gasteiger partial charge < -0.3 is 5.11 Å². The van der Waals surface area contributed by atoms with Gasteiger partial charge in [-0.1, -0.05) is 84.4 Å². The quantitative estimate of drug-likeness (QED) is 0.206. The number of alkyl halides is 3. The lowest BCUT2D eigenvalue weighted by atomic mass is 9.49. The van der Waals surface area contributed by atoms with Crippen molar-refractivity contribution in [1.82, 2.24) is 14.9 Å². The molecule has 6 unspecified atom stereocenters. The van der Waals surface area contributed by atoms with Gasteiger partial charge in [-0.15, -0.1) is 0 Å². The fourth-order valence-corrected chi connectivity index (χ4v) is 9.92. The Bertz CT molecular complexity index is 2040. The number of allylic oxidation sites excluding steroid dienone is 2. The lowest BCUT2D eigenvalue weighted by Crippen LogP contribution is -2.53. The number of anilines is 1. The third-order valence-electron chi connectivity index (χ3n) is 11.8. The smallest absolute Gasteiger partial charge is 0.417 e. The number of benzene rings is 2. The molecule has 2 aliphatic heterocycles. The van der Waals surface area contributed by atoms with Gasteiger partial charge in [-0.05, 0) is 61.4 Å². The Labute approximate surface area is 306 Å². The van der Waals surface area contributed by atoms with Gasteiger partial charge in [0.05, 0.1) is 33.8 Å². The summed E-state index contributed by atoms with van der Waals surface area (Å²) in [4.78, 5) is 63.6. The van der Waals surface area contributed by atoms with E-state index in [0.29, 0.717) is 34.0 Å². The van der Waals surface area contributed by atoms with Crippen LogP contribution in [0, 0.1) is 23.7 Å². The summed E-state index contributed by atoms with van der Waals surface area (Å²) < 4.78 is 40.3. The number of carbonyl (C=O) groups is 4. The van der Waals surface area contributed by atoms with E-state index in [0.717, 1.165) is 37.1 Å². The number of para-hydroxylation sites is 1. The Morgan fingerprint density at radius 1 is 0.904 bits per heavy atom. The fourth-order valence-electron chi connectivity index (χ4n) is 9.58. The molecule has 270 valence electrons. The summed E-state index contributed by atoms with van der Waals surface area (Å²) in [6.07, 6.45) is 2.31. The zero-order chi connectivity index (χ0) is 36.7. The Morgan fingerprint density at radius 2 is 1.62 bits per heavy atom. The zero-order valence-corrected chi connectivity index (χ0v) is 29.1. The number of carbonyl (C=O) groups excluding carboxylic acids is 4. The van der Waals surface area contributed by atoms with E-state index in [4.69, 9.17) is 23.2 Å². The first-order chi connectivity index (χ1) is 24.8. The van der Waals surface area contributed by atoms with E-state index < -0.39 is 63.6 Å². The molecular formula is C38H33Cl2F3N4O5. The van der Waals surface area contributed by atoms with Crippen molar-refractivity contribution in [3.05, 3.63) is 99.2 Å². The van der Waals surface area contributed by atoms with E-state index in [-0.39, 0.29) is 42.3 Å². The summed E-state index contributed by atoms with van der Waals surface area (Å²) in [5.74, 6) is -6.65. The SMILES string of the molecule is O=C1C2CC3C(=CCC4C(=O)N(C5CCCCC5)C(=O)C43)C(c3ccccc3O)C2(c2ccc(Cl)cc2)C(=O)N1Nc1ncc(C(F)(F)F)cc1Cl. The van der Waals surface area contributed by atoms with Crippen molar-refractivity contribution in [3.8, 4) is 5.75 Å². The number of hydrogen-bond donors (Lipinski definition) is 2. The number of aromatic nitrogens is 1. The number of imide groups is 2. The second-order valence-electron chi connectivity index (χ2n) is 14.3. The molecule has 0 spiro atoms. The topological polar surface area (TPSA) is 120 Å². The number of likely N-dealkylation sites (tertiary alicyclic amines) is 1. The predicted molar refractivity (Wildman–Crippen MR) is 184 cm³/mol. The van der Waals surface area contributed by atoms with Gasteiger partial charge in [-0.25, -0.2) is 4.98 Å². The molecule has 4 amide bonds. The average Bonchev–Trinajstić information content (AvgIpc) is 3.50. The minimum atomic E-state index is -4.74. The first-order valence-electron chi connectivity index (χ1n) is 17.3. The molecule has 0 radical (unpaired) electrons. The van der Waals surface area contributed by atoms with Crippen LogP contribution in [0.15, 0.2) is 72.4 Å². The number of rotatable bonds is 5. The van der Waals surface area contributed by atoms with Crippen LogP contribution in [0.25, 0.3) is 0 Å². The number of amides is 4. The number of pyridine rings is 1. The molecule has 6 atom stereocenters. The first kappa shape index (κ1) is 34.7. The molecular weight excluding hydrogens is 720 g/mol. The monoisotopic (exact) mass is 752 g/mol. The van der Waals surface area contributed by atoms with Crippen LogP contribution in [0.5, 0.6) is 5.75 Å². The van der Waals surface area contributed by atoms with Crippen molar-refractivity contribution >= 4 is 52.6 Å². The molecule has 4 fully saturated rings. The zero-order valence-electron chi connectivity index (χ0n) is 27.6. The van der Waals surface area contributed by atoms with Crippen LogP contribution in [0.2, 0.25) is 10.0 Å². The number of aromatic hydroxyl groups is 1. The van der Waals surface area contributed by atoms with Gasteiger partial charge in [0.25, 0.3) is 11.8 Å². The predicted octanol–water partition coefficient (Wildman–Crippen LogP) is 7.43. The van der Waals surface area contributed by atoms with Crippen LogP contribution in [-0.2, 0) is 30.8 Å². The van der Waals surface area contributed by atoms with Crippen molar-refractivity contribution < 1.29 is 37.5 Å². The maximum atomic E-state index is 15.2. The second kappa shape index (κ2) is 12.6. The highest BCUT2D eigenvalue weighted by Crippen LogP contribution is 2.65. The molecule has 3 aromatic rings. The van der Waals surface area contributed by atoms with Gasteiger partial charge in [0.1, 0.15) is 5.75 Å². The van der Waals surface area contributed by atoms with E-state index in [1.807, 2.05) is 6.08 Å². The first-order valence-corrected chi connectivity index (χ1v) is 18.1. The van der Waals surface area contributed by atoms with E-state index in [9.17, 15) is 32.7 Å². The molecule has 8 rings (SSSR count). The van der Waals surface area contributed by atoms with Crippen LogP contribution in [0.1, 0.15) is 67.6 Å². The highest BCUT2D eigenvalue weighted by Gasteiger charge is 2.71. The van der Waals surface area contributed by atoms with Gasteiger partial charge in [-0.3, -0.25) is 29.5 Å². The third kappa shape index (κ3) is 5.15. The highest BCUT2D eigenvalue weighted by molar-refractivity contribution is 6.33. The Hall–Kier alpha value is -4.42. The number of phenols is 1. The molecule has 2 N–H and O–H groups in total. The van der Waals surface area contributed by atoms with Gasteiger partial charge in [0.15, 0.2) is 5.82 Å². The largest absolute Gasteiger partial charge is 0.508 e.